The lowest BCUT2D eigenvalue weighted by atomic mass is 10.1. The summed E-state index contributed by atoms with van der Waals surface area (Å²) >= 11 is 1.40. The van der Waals surface area contributed by atoms with Gasteiger partial charge in [0.15, 0.2) is 5.69 Å². The molecule has 2 amide bonds. The Morgan fingerprint density at radius 3 is 2.52 bits per heavy atom. The average Bonchev–Trinajstić information content (AvgIpc) is 2.73. The molecule has 0 aliphatic carbocycles. The summed E-state index contributed by atoms with van der Waals surface area (Å²) in [7, 11) is 0. The Morgan fingerprint density at radius 2 is 1.79 bits per heavy atom. The number of aryl methyl sites for hydroxylation is 3. The van der Waals surface area contributed by atoms with Crippen molar-refractivity contribution in [2.75, 3.05) is 5.75 Å². The summed E-state index contributed by atoms with van der Waals surface area (Å²) in [6.45, 7) is 6.09. The lowest BCUT2D eigenvalue weighted by molar-refractivity contribution is -0.119. The molecule has 29 heavy (non-hydrogen) atoms. The average molecular weight is 410 g/mol. The highest BCUT2D eigenvalue weighted by Crippen LogP contribution is 2.23. The van der Waals surface area contributed by atoms with E-state index in [2.05, 4.69) is 16.0 Å². The summed E-state index contributed by atoms with van der Waals surface area (Å²) in [4.78, 5) is 38.2. The van der Waals surface area contributed by atoms with Crippen molar-refractivity contribution in [2.24, 2.45) is 0 Å². The minimum atomic E-state index is -0.575. The predicted octanol–water partition coefficient (Wildman–Crippen LogP) is 2.59. The third-order valence-corrected chi connectivity index (χ3v) is 5.56. The molecule has 2 aromatic carbocycles. The molecule has 0 atom stereocenters. The van der Waals surface area contributed by atoms with Crippen molar-refractivity contribution >= 4 is 34.3 Å². The topological polar surface area (TPSA) is 93.1 Å². The second-order valence-corrected chi connectivity index (χ2v) is 7.59. The third kappa shape index (κ3) is 4.65. The molecule has 0 saturated carbocycles. The molecule has 0 aliphatic rings. The van der Waals surface area contributed by atoms with Crippen LogP contribution < -0.4 is 16.4 Å². The second-order valence-electron chi connectivity index (χ2n) is 6.58. The number of rotatable bonds is 5. The van der Waals surface area contributed by atoms with Crippen LogP contribution in [0.25, 0.3) is 10.8 Å². The Morgan fingerprint density at radius 1 is 1.07 bits per heavy atom. The molecule has 0 aliphatic heterocycles. The zero-order valence-corrected chi connectivity index (χ0v) is 17.3. The van der Waals surface area contributed by atoms with Gasteiger partial charge in [-0.1, -0.05) is 35.9 Å². The molecule has 1 aromatic heterocycles. The van der Waals surface area contributed by atoms with Crippen LogP contribution in [0, 0.1) is 13.8 Å². The molecule has 2 N–H and O–H groups in total. The van der Waals surface area contributed by atoms with Gasteiger partial charge in [-0.3, -0.25) is 25.2 Å². The normalized spacial score (nSPS) is 10.7. The summed E-state index contributed by atoms with van der Waals surface area (Å²) in [5.41, 5.74) is 6.85. The molecule has 0 spiro atoms. The lowest BCUT2D eigenvalue weighted by Crippen LogP contribution is -2.43. The van der Waals surface area contributed by atoms with Gasteiger partial charge in [0.05, 0.1) is 11.1 Å². The molecule has 150 valence electrons. The van der Waals surface area contributed by atoms with E-state index in [1.54, 1.807) is 31.2 Å². The number of nitrogens with zero attached hydrogens (tertiary/aromatic N) is 2. The fourth-order valence-electron chi connectivity index (χ4n) is 2.85. The molecular formula is C21H22N4O3S. The Hall–Kier alpha value is -3.13. The minimum absolute atomic E-state index is 0.0875. The van der Waals surface area contributed by atoms with Crippen LogP contribution >= 0.6 is 11.8 Å². The molecule has 1 heterocycles. The van der Waals surface area contributed by atoms with E-state index in [1.807, 2.05) is 32.0 Å². The van der Waals surface area contributed by atoms with Gasteiger partial charge in [0.25, 0.3) is 11.5 Å². The smallest absolute Gasteiger partial charge is 0.272 e. The number of aromatic nitrogens is 2. The number of carbonyl (C=O) groups excluding carboxylic acids is 2. The van der Waals surface area contributed by atoms with E-state index in [4.69, 9.17) is 0 Å². The number of hydrazine groups is 1. The molecule has 0 saturated heterocycles. The van der Waals surface area contributed by atoms with Crippen molar-refractivity contribution < 1.29 is 9.59 Å². The molecule has 0 fully saturated rings. The molecule has 0 bridgehead atoms. The number of nitrogens with one attached hydrogen (secondary N) is 2. The SMILES string of the molecule is CCn1nc(C(=O)NNC(=O)CSc2cc(C)ccc2C)c2ccccc2c1=O. The van der Waals surface area contributed by atoms with Gasteiger partial charge in [0.1, 0.15) is 0 Å². The number of thioether (sulfide) groups is 1. The summed E-state index contributed by atoms with van der Waals surface area (Å²) in [5.74, 6) is -0.751. The maximum Gasteiger partial charge on any atom is 0.290 e. The van der Waals surface area contributed by atoms with Crippen molar-refractivity contribution in [1.82, 2.24) is 20.6 Å². The number of fused-ring (bicyclic) bond motifs is 1. The third-order valence-electron chi connectivity index (χ3n) is 4.40. The highest BCUT2D eigenvalue weighted by Gasteiger charge is 2.17. The maximum absolute atomic E-state index is 12.6. The second kappa shape index (κ2) is 8.91. The highest BCUT2D eigenvalue weighted by atomic mass is 32.2. The van der Waals surface area contributed by atoms with E-state index in [1.165, 1.54) is 16.4 Å². The first-order valence-electron chi connectivity index (χ1n) is 9.19. The molecule has 8 heteroatoms. The van der Waals surface area contributed by atoms with Gasteiger partial charge in [0, 0.05) is 16.8 Å². The number of carbonyl (C=O) groups is 2. The van der Waals surface area contributed by atoms with E-state index < -0.39 is 5.91 Å². The number of hydrogen-bond donors (Lipinski definition) is 2. The van der Waals surface area contributed by atoms with Crippen molar-refractivity contribution in [2.45, 2.75) is 32.2 Å². The van der Waals surface area contributed by atoms with Gasteiger partial charge in [-0.15, -0.1) is 11.8 Å². The van der Waals surface area contributed by atoms with Crippen LogP contribution in [0.2, 0.25) is 0 Å². The Bertz CT molecular complexity index is 1140. The standard InChI is InChI=1S/C21H22N4O3S/c1-4-25-21(28)16-8-6-5-7-15(16)19(24-25)20(27)23-22-18(26)12-29-17-11-13(2)9-10-14(17)3/h5-11H,4,12H2,1-3H3,(H,22,26)(H,23,27). The first kappa shape index (κ1) is 20.6. The number of amides is 2. The first-order valence-corrected chi connectivity index (χ1v) is 10.2. The highest BCUT2D eigenvalue weighted by molar-refractivity contribution is 8.00. The molecular weight excluding hydrogens is 388 g/mol. The monoisotopic (exact) mass is 410 g/mol. The Balaban J connectivity index is 1.69. The van der Waals surface area contributed by atoms with E-state index in [-0.39, 0.29) is 22.9 Å². The number of hydrogen-bond acceptors (Lipinski definition) is 5. The van der Waals surface area contributed by atoms with Crippen LogP contribution in [0.4, 0.5) is 0 Å². The first-order chi connectivity index (χ1) is 13.9. The number of benzene rings is 2. The zero-order chi connectivity index (χ0) is 21.0. The zero-order valence-electron chi connectivity index (χ0n) is 16.5. The van der Waals surface area contributed by atoms with Crippen molar-refractivity contribution in [3.63, 3.8) is 0 Å². The Kier molecular flexibility index (Phi) is 6.33. The summed E-state index contributed by atoms with van der Waals surface area (Å²) < 4.78 is 1.23. The summed E-state index contributed by atoms with van der Waals surface area (Å²) in [5, 5.41) is 5.00. The largest absolute Gasteiger partial charge is 0.290 e. The molecule has 3 aromatic rings. The van der Waals surface area contributed by atoms with E-state index >= 15 is 0 Å². The lowest BCUT2D eigenvalue weighted by Gasteiger charge is -2.11. The molecule has 3 rings (SSSR count). The van der Waals surface area contributed by atoms with E-state index in [0.29, 0.717) is 17.3 Å². The minimum Gasteiger partial charge on any atom is -0.272 e. The van der Waals surface area contributed by atoms with E-state index in [0.717, 1.165) is 16.0 Å². The van der Waals surface area contributed by atoms with Gasteiger partial charge in [-0.2, -0.15) is 5.10 Å². The molecule has 7 nitrogen and oxygen atoms in total. The quantitative estimate of drug-likeness (QED) is 0.498. The van der Waals surface area contributed by atoms with Crippen molar-refractivity contribution in [1.29, 1.82) is 0 Å². The van der Waals surface area contributed by atoms with Gasteiger partial charge < -0.3 is 0 Å². The maximum atomic E-state index is 12.6. The fourth-order valence-corrected chi connectivity index (χ4v) is 3.77. The van der Waals surface area contributed by atoms with Crippen LogP contribution in [-0.2, 0) is 11.3 Å². The van der Waals surface area contributed by atoms with Gasteiger partial charge in [0.2, 0.25) is 5.91 Å². The van der Waals surface area contributed by atoms with Crippen LogP contribution in [-0.4, -0.2) is 27.3 Å². The van der Waals surface area contributed by atoms with Crippen LogP contribution in [0.1, 0.15) is 28.5 Å². The van der Waals surface area contributed by atoms with Gasteiger partial charge in [-0.05, 0) is 38.5 Å². The van der Waals surface area contributed by atoms with Crippen molar-refractivity contribution in [3.05, 3.63) is 69.6 Å². The van der Waals surface area contributed by atoms with Crippen molar-refractivity contribution in [3.8, 4) is 0 Å². The summed E-state index contributed by atoms with van der Waals surface area (Å²) in [6, 6.07) is 12.8. The van der Waals surface area contributed by atoms with Gasteiger partial charge in [-0.25, -0.2) is 4.68 Å². The Labute approximate surface area is 172 Å². The molecule has 0 radical (unpaired) electrons. The van der Waals surface area contributed by atoms with Gasteiger partial charge >= 0.3 is 0 Å². The van der Waals surface area contributed by atoms with Crippen LogP contribution in [0.15, 0.2) is 52.2 Å². The van der Waals surface area contributed by atoms with Crippen LogP contribution in [0.5, 0.6) is 0 Å². The summed E-state index contributed by atoms with van der Waals surface area (Å²) in [6.07, 6.45) is 0. The van der Waals surface area contributed by atoms with Crippen LogP contribution in [0.3, 0.4) is 0 Å². The fraction of sp³-hybridized carbons (Fsp3) is 0.238. The molecule has 0 unspecified atom stereocenters. The van der Waals surface area contributed by atoms with E-state index in [9.17, 15) is 14.4 Å². The predicted molar refractivity (Wildman–Crippen MR) is 114 cm³/mol.